The summed E-state index contributed by atoms with van der Waals surface area (Å²) in [7, 11) is 1.51. The van der Waals surface area contributed by atoms with Crippen LogP contribution in [0.25, 0.3) is 10.9 Å². The van der Waals surface area contributed by atoms with Crippen LogP contribution in [0.1, 0.15) is 20.4 Å². The molecule has 1 aliphatic heterocycles. The summed E-state index contributed by atoms with van der Waals surface area (Å²) in [6.07, 6.45) is -4.70. The Hall–Kier alpha value is -2.54. The van der Waals surface area contributed by atoms with E-state index < -0.39 is 30.1 Å². The minimum atomic E-state index is -4.70. The summed E-state index contributed by atoms with van der Waals surface area (Å²) in [6.45, 7) is -0.0587. The van der Waals surface area contributed by atoms with Crippen LogP contribution in [0.15, 0.2) is 41.4 Å². The second-order valence-corrected chi connectivity index (χ2v) is 9.40. The molecular formula is C21H18F3N3O4S2. The summed E-state index contributed by atoms with van der Waals surface area (Å²) in [5.74, 6) is -2.01. The van der Waals surface area contributed by atoms with Crippen molar-refractivity contribution < 1.29 is 32.6 Å². The first-order valence-electron chi connectivity index (χ1n) is 9.71. The molecule has 0 spiro atoms. The Morgan fingerprint density at radius 1 is 1.21 bits per heavy atom. The zero-order chi connectivity index (χ0) is 23.8. The van der Waals surface area contributed by atoms with Crippen molar-refractivity contribution in [1.29, 1.82) is 0 Å². The lowest BCUT2D eigenvalue weighted by molar-refractivity contribution is -0.166. The van der Waals surface area contributed by atoms with Gasteiger partial charge in [0.2, 0.25) is 11.7 Å². The SMILES string of the molecule is COC1(c2ccc(C(=O)CSc3nc(C(F)(F)F)nc4ccccc34)s2)CN(C(=O)CO)C1. The van der Waals surface area contributed by atoms with Gasteiger partial charge in [-0.2, -0.15) is 13.2 Å². The highest BCUT2D eigenvalue weighted by Gasteiger charge is 2.48. The highest BCUT2D eigenvalue weighted by atomic mass is 32.2. The molecule has 1 amide bonds. The van der Waals surface area contributed by atoms with E-state index in [4.69, 9.17) is 9.84 Å². The van der Waals surface area contributed by atoms with Crippen LogP contribution in [-0.2, 0) is 21.3 Å². The number of benzene rings is 1. The molecule has 1 N–H and O–H groups in total. The van der Waals surface area contributed by atoms with Crippen LogP contribution in [0.4, 0.5) is 13.2 Å². The maximum atomic E-state index is 13.2. The zero-order valence-electron chi connectivity index (χ0n) is 17.3. The van der Waals surface area contributed by atoms with Crippen LogP contribution in [-0.4, -0.2) is 64.2 Å². The van der Waals surface area contributed by atoms with Gasteiger partial charge in [0.05, 0.1) is 29.2 Å². The van der Waals surface area contributed by atoms with Crippen molar-refractivity contribution in [2.45, 2.75) is 16.8 Å². The molecule has 33 heavy (non-hydrogen) atoms. The average molecular weight is 498 g/mol. The lowest BCUT2D eigenvalue weighted by Gasteiger charge is -2.48. The van der Waals surface area contributed by atoms with Crippen LogP contribution in [0.2, 0.25) is 0 Å². The molecule has 1 aromatic carbocycles. The number of ketones is 1. The Morgan fingerprint density at radius 2 is 1.94 bits per heavy atom. The number of para-hydroxylation sites is 1. The number of Topliss-reactive ketones (excluding diaryl/α,β-unsaturated/α-hetero) is 1. The second kappa shape index (κ2) is 9.01. The van der Waals surface area contributed by atoms with Gasteiger partial charge in [0.1, 0.15) is 17.2 Å². The quantitative estimate of drug-likeness (QED) is 0.304. The number of fused-ring (bicyclic) bond motifs is 1. The molecule has 0 saturated carbocycles. The largest absolute Gasteiger partial charge is 0.451 e. The third-order valence-electron chi connectivity index (χ3n) is 5.26. The maximum absolute atomic E-state index is 13.2. The first-order valence-corrected chi connectivity index (χ1v) is 11.5. The molecule has 4 rings (SSSR count). The van der Waals surface area contributed by atoms with E-state index in [1.165, 1.54) is 29.4 Å². The number of aromatic nitrogens is 2. The molecule has 0 bridgehead atoms. The number of ether oxygens (including phenoxy) is 1. The van der Waals surface area contributed by atoms with Gasteiger partial charge < -0.3 is 14.7 Å². The standard InChI is InChI=1S/C21H18F3N3O4S2/c1-31-20(10-27(11-20)17(30)8-28)16-7-6-15(33-16)14(29)9-32-18-12-4-2-3-5-13(12)25-19(26-18)21(22,23)24/h2-7,28H,8-11H2,1H3. The number of hydrogen-bond acceptors (Lipinski definition) is 8. The molecule has 1 aliphatic rings. The summed E-state index contributed by atoms with van der Waals surface area (Å²) >= 11 is 2.14. The summed E-state index contributed by atoms with van der Waals surface area (Å²) in [4.78, 5) is 34.3. The molecule has 3 aromatic rings. The minimum absolute atomic E-state index is 0.0866. The molecular weight excluding hydrogens is 479 g/mol. The van der Waals surface area contributed by atoms with Gasteiger partial charge in [0.25, 0.3) is 0 Å². The number of thioether (sulfide) groups is 1. The molecule has 12 heteroatoms. The fourth-order valence-corrected chi connectivity index (χ4v) is 5.54. The number of aliphatic hydroxyl groups excluding tert-OH is 1. The lowest BCUT2D eigenvalue weighted by Crippen LogP contribution is -2.62. The number of aliphatic hydroxyl groups is 1. The van der Waals surface area contributed by atoms with Gasteiger partial charge in [-0.05, 0) is 18.2 Å². The highest BCUT2D eigenvalue weighted by Crippen LogP contribution is 2.40. The first kappa shape index (κ1) is 23.6. The Morgan fingerprint density at radius 3 is 2.61 bits per heavy atom. The van der Waals surface area contributed by atoms with E-state index >= 15 is 0 Å². The molecule has 7 nitrogen and oxygen atoms in total. The number of methoxy groups -OCH3 is 1. The molecule has 2 aromatic heterocycles. The van der Waals surface area contributed by atoms with E-state index in [0.717, 1.165) is 16.6 Å². The monoisotopic (exact) mass is 497 g/mol. The van der Waals surface area contributed by atoms with Crippen molar-refractivity contribution in [1.82, 2.24) is 14.9 Å². The van der Waals surface area contributed by atoms with Crippen molar-refractivity contribution in [2.75, 3.05) is 32.6 Å². The fraction of sp³-hybridized carbons (Fsp3) is 0.333. The average Bonchev–Trinajstić information content (AvgIpc) is 3.26. The van der Waals surface area contributed by atoms with Crippen LogP contribution in [0, 0.1) is 0 Å². The number of thiophene rings is 1. The normalized spacial score (nSPS) is 15.5. The molecule has 0 atom stereocenters. The van der Waals surface area contributed by atoms with Crippen molar-refractivity contribution >= 4 is 45.7 Å². The predicted octanol–water partition coefficient (Wildman–Crippen LogP) is 3.36. The smallest absolute Gasteiger partial charge is 0.387 e. The molecule has 0 aliphatic carbocycles. The Balaban J connectivity index is 1.50. The Kier molecular flexibility index (Phi) is 6.45. The minimum Gasteiger partial charge on any atom is -0.387 e. The van der Waals surface area contributed by atoms with E-state index in [1.54, 1.807) is 30.3 Å². The number of halogens is 3. The van der Waals surface area contributed by atoms with Crippen molar-refractivity contribution in [2.24, 2.45) is 0 Å². The number of likely N-dealkylation sites (tertiary alicyclic amines) is 1. The Bertz CT molecular complexity index is 1210. The molecule has 0 unspecified atom stereocenters. The van der Waals surface area contributed by atoms with E-state index in [-0.39, 0.29) is 35.2 Å². The van der Waals surface area contributed by atoms with E-state index in [9.17, 15) is 22.8 Å². The topological polar surface area (TPSA) is 92.6 Å². The summed E-state index contributed by atoms with van der Waals surface area (Å²) < 4.78 is 45.2. The van der Waals surface area contributed by atoms with E-state index in [1.807, 2.05) is 0 Å². The van der Waals surface area contributed by atoms with Gasteiger partial charge in [-0.25, -0.2) is 9.97 Å². The fourth-order valence-electron chi connectivity index (χ4n) is 3.45. The number of amides is 1. The Labute approximate surface area is 194 Å². The summed E-state index contributed by atoms with van der Waals surface area (Å²) in [6, 6.07) is 9.73. The molecule has 1 fully saturated rings. The molecule has 0 radical (unpaired) electrons. The van der Waals surface area contributed by atoms with Crippen molar-refractivity contribution in [3.05, 3.63) is 52.0 Å². The van der Waals surface area contributed by atoms with Crippen LogP contribution >= 0.6 is 23.1 Å². The number of hydrogen-bond donors (Lipinski definition) is 1. The van der Waals surface area contributed by atoms with Gasteiger partial charge in [-0.15, -0.1) is 11.3 Å². The number of rotatable bonds is 7. The van der Waals surface area contributed by atoms with Crippen molar-refractivity contribution in [3.63, 3.8) is 0 Å². The molecule has 174 valence electrons. The van der Waals surface area contributed by atoms with Gasteiger partial charge in [0, 0.05) is 17.4 Å². The maximum Gasteiger partial charge on any atom is 0.451 e. The van der Waals surface area contributed by atoms with Crippen LogP contribution in [0.5, 0.6) is 0 Å². The number of carbonyl (C=O) groups excluding carboxylic acids is 2. The first-order chi connectivity index (χ1) is 15.7. The summed E-state index contributed by atoms with van der Waals surface area (Å²) in [5.41, 5.74) is -0.590. The second-order valence-electron chi connectivity index (χ2n) is 7.35. The van der Waals surface area contributed by atoms with Gasteiger partial charge >= 0.3 is 6.18 Å². The third-order valence-corrected chi connectivity index (χ3v) is 7.57. The number of alkyl halides is 3. The van der Waals surface area contributed by atoms with Crippen LogP contribution < -0.4 is 0 Å². The van der Waals surface area contributed by atoms with Gasteiger partial charge in [-0.1, -0.05) is 30.0 Å². The number of nitrogens with zero attached hydrogens (tertiary/aromatic N) is 3. The van der Waals surface area contributed by atoms with Crippen molar-refractivity contribution in [3.8, 4) is 0 Å². The lowest BCUT2D eigenvalue weighted by atomic mass is 9.92. The zero-order valence-corrected chi connectivity index (χ0v) is 18.9. The van der Waals surface area contributed by atoms with E-state index in [2.05, 4.69) is 9.97 Å². The van der Waals surface area contributed by atoms with Crippen LogP contribution in [0.3, 0.4) is 0 Å². The van der Waals surface area contributed by atoms with E-state index in [0.29, 0.717) is 10.3 Å². The summed E-state index contributed by atoms with van der Waals surface area (Å²) in [5, 5.41) is 9.52. The van der Waals surface area contributed by atoms with Gasteiger partial charge in [0.15, 0.2) is 5.78 Å². The highest BCUT2D eigenvalue weighted by molar-refractivity contribution is 8.00. The van der Waals surface area contributed by atoms with Gasteiger partial charge in [-0.3, -0.25) is 9.59 Å². The molecule has 3 heterocycles. The third kappa shape index (κ3) is 4.60. The number of carbonyl (C=O) groups is 2. The molecule has 1 saturated heterocycles. The predicted molar refractivity (Wildman–Crippen MR) is 116 cm³/mol.